The molecule has 6 nitrogen and oxygen atoms in total. The van der Waals surface area contributed by atoms with Crippen LogP contribution in [0.15, 0.2) is 54.6 Å². The third kappa shape index (κ3) is 6.03. The molecule has 3 rings (SSSR count). The van der Waals surface area contributed by atoms with E-state index >= 15 is 0 Å². The van der Waals surface area contributed by atoms with Gasteiger partial charge in [-0.05, 0) is 29.7 Å². The number of urea groups is 1. The van der Waals surface area contributed by atoms with Gasteiger partial charge in [0.25, 0.3) is 0 Å². The van der Waals surface area contributed by atoms with E-state index < -0.39 is 17.9 Å². The van der Waals surface area contributed by atoms with E-state index in [-0.39, 0.29) is 11.8 Å². The maximum atomic E-state index is 13.3. The molecule has 1 heterocycles. The number of hydrogen-bond donors (Lipinski definition) is 2. The van der Waals surface area contributed by atoms with Gasteiger partial charge in [0.1, 0.15) is 11.9 Å². The summed E-state index contributed by atoms with van der Waals surface area (Å²) in [5, 5.41) is 5.35. The largest absolute Gasteiger partial charge is 0.338 e. The number of anilines is 1. The number of piperazine rings is 1. The monoisotopic (exact) mass is 412 g/mol. The molecule has 0 aliphatic carbocycles. The summed E-state index contributed by atoms with van der Waals surface area (Å²) in [4.78, 5) is 29.6. The Balaban J connectivity index is 1.53. The molecule has 1 saturated heterocycles. The molecule has 0 bridgehead atoms. The van der Waals surface area contributed by atoms with Crippen LogP contribution in [-0.2, 0) is 11.3 Å². The van der Waals surface area contributed by atoms with Crippen LogP contribution in [0.4, 0.5) is 14.9 Å². The first-order chi connectivity index (χ1) is 14.4. The fraction of sp³-hybridized carbons (Fsp3) is 0.391. The molecule has 2 aromatic rings. The Morgan fingerprint density at radius 2 is 1.70 bits per heavy atom. The standard InChI is InChI=1S/C23H29FN4O2/c1-17(2)21(26-23(30)25-20-10-6-9-19(24)15-20)22(29)28-13-11-27(12-14-28)16-18-7-4-3-5-8-18/h3-10,15,17,21H,11-14,16H2,1-2H3,(H2,25,26,30)/t21-/m1/s1. The molecule has 3 amide bonds. The fourth-order valence-electron chi connectivity index (χ4n) is 3.55. The Morgan fingerprint density at radius 1 is 1.00 bits per heavy atom. The molecular formula is C23H29FN4O2. The van der Waals surface area contributed by atoms with E-state index in [2.05, 4.69) is 27.7 Å². The quantitative estimate of drug-likeness (QED) is 0.765. The lowest BCUT2D eigenvalue weighted by atomic mass is 10.0. The molecule has 2 aromatic carbocycles. The summed E-state index contributed by atoms with van der Waals surface area (Å²) in [6, 6.07) is 14.8. The van der Waals surface area contributed by atoms with Crippen molar-refractivity contribution in [1.29, 1.82) is 0 Å². The molecule has 7 heteroatoms. The second-order valence-electron chi connectivity index (χ2n) is 7.92. The van der Waals surface area contributed by atoms with E-state index in [1.54, 1.807) is 6.07 Å². The minimum absolute atomic E-state index is 0.0712. The van der Waals surface area contributed by atoms with Crippen molar-refractivity contribution in [3.8, 4) is 0 Å². The minimum Gasteiger partial charge on any atom is -0.338 e. The summed E-state index contributed by atoms with van der Waals surface area (Å²) >= 11 is 0. The SMILES string of the molecule is CC(C)[C@@H](NC(=O)Nc1cccc(F)c1)C(=O)N1CCN(Cc2ccccc2)CC1. The van der Waals surface area contributed by atoms with E-state index in [0.717, 1.165) is 19.6 Å². The number of carbonyl (C=O) groups is 2. The predicted molar refractivity (Wildman–Crippen MR) is 115 cm³/mol. The highest BCUT2D eigenvalue weighted by molar-refractivity contribution is 5.93. The number of hydrogen-bond acceptors (Lipinski definition) is 3. The number of carbonyl (C=O) groups excluding carboxylic acids is 2. The highest BCUT2D eigenvalue weighted by Crippen LogP contribution is 2.13. The van der Waals surface area contributed by atoms with Crippen LogP contribution in [0, 0.1) is 11.7 Å². The van der Waals surface area contributed by atoms with E-state index in [1.165, 1.54) is 23.8 Å². The number of nitrogens with one attached hydrogen (secondary N) is 2. The van der Waals surface area contributed by atoms with Crippen molar-refractivity contribution >= 4 is 17.6 Å². The van der Waals surface area contributed by atoms with Crippen LogP contribution < -0.4 is 10.6 Å². The lowest BCUT2D eigenvalue weighted by Gasteiger charge is -2.37. The Morgan fingerprint density at radius 3 is 2.33 bits per heavy atom. The summed E-state index contributed by atoms with van der Waals surface area (Å²) in [6.45, 7) is 7.50. The number of amides is 3. The summed E-state index contributed by atoms with van der Waals surface area (Å²) in [5.41, 5.74) is 1.60. The number of rotatable bonds is 6. The molecule has 0 spiro atoms. The highest BCUT2D eigenvalue weighted by atomic mass is 19.1. The van der Waals surface area contributed by atoms with Crippen molar-refractivity contribution in [3.63, 3.8) is 0 Å². The van der Waals surface area contributed by atoms with Crippen molar-refractivity contribution in [2.45, 2.75) is 26.4 Å². The van der Waals surface area contributed by atoms with Crippen molar-refractivity contribution in [1.82, 2.24) is 15.1 Å². The average molecular weight is 413 g/mol. The Kier molecular flexibility index (Phi) is 7.41. The van der Waals surface area contributed by atoms with Crippen molar-refractivity contribution < 1.29 is 14.0 Å². The van der Waals surface area contributed by atoms with Crippen molar-refractivity contribution in [2.75, 3.05) is 31.5 Å². The van der Waals surface area contributed by atoms with Gasteiger partial charge >= 0.3 is 6.03 Å². The van der Waals surface area contributed by atoms with Gasteiger partial charge in [0.05, 0.1) is 0 Å². The van der Waals surface area contributed by atoms with E-state index in [9.17, 15) is 14.0 Å². The number of halogens is 1. The van der Waals surface area contributed by atoms with Gasteiger partial charge in [-0.1, -0.05) is 50.2 Å². The lowest BCUT2D eigenvalue weighted by molar-refractivity contribution is -0.136. The normalized spacial score (nSPS) is 15.7. The van der Waals surface area contributed by atoms with Gasteiger partial charge in [0.15, 0.2) is 0 Å². The Bertz CT molecular complexity index is 851. The van der Waals surface area contributed by atoms with Gasteiger partial charge in [-0.25, -0.2) is 9.18 Å². The highest BCUT2D eigenvalue weighted by Gasteiger charge is 2.30. The molecule has 0 saturated carbocycles. The fourth-order valence-corrected chi connectivity index (χ4v) is 3.55. The maximum absolute atomic E-state index is 13.3. The lowest BCUT2D eigenvalue weighted by Crippen LogP contribution is -2.56. The first-order valence-electron chi connectivity index (χ1n) is 10.3. The molecule has 160 valence electrons. The Labute approximate surface area is 177 Å². The van der Waals surface area contributed by atoms with Gasteiger partial charge in [-0.2, -0.15) is 0 Å². The molecule has 1 atom stereocenters. The first-order valence-corrected chi connectivity index (χ1v) is 10.3. The molecular weight excluding hydrogens is 383 g/mol. The van der Waals surface area contributed by atoms with Gasteiger partial charge in [-0.3, -0.25) is 9.69 Å². The average Bonchev–Trinajstić information content (AvgIpc) is 2.73. The van der Waals surface area contributed by atoms with Crippen molar-refractivity contribution in [3.05, 3.63) is 66.0 Å². The molecule has 1 aliphatic heterocycles. The molecule has 1 aliphatic rings. The Hall–Kier alpha value is -2.93. The molecule has 0 unspecified atom stereocenters. The second kappa shape index (κ2) is 10.2. The molecule has 30 heavy (non-hydrogen) atoms. The summed E-state index contributed by atoms with van der Waals surface area (Å²) in [5.74, 6) is -0.588. The van der Waals surface area contributed by atoms with E-state index in [0.29, 0.717) is 18.8 Å². The van der Waals surface area contributed by atoms with E-state index in [4.69, 9.17) is 0 Å². The smallest absolute Gasteiger partial charge is 0.319 e. The van der Waals surface area contributed by atoms with Gasteiger partial charge in [0, 0.05) is 38.4 Å². The van der Waals surface area contributed by atoms with Crippen LogP contribution in [0.1, 0.15) is 19.4 Å². The van der Waals surface area contributed by atoms with Crippen LogP contribution >= 0.6 is 0 Å². The molecule has 1 fully saturated rings. The maximum Gasteiger partial charge on any atom is 0.319 e. The molecule has 0 radical (unpaired) electrons. The van der Waals surface area contributed by atoms with Crippen molar-refractivity contribution in [2.24, 2.45) is 5.92 Å². The van der Waals surface area contributed by atoms with Crippen LogP contribution in [0.5, 0.6) is 0 Å². The summed E-state index contributed by atoms with van der Waals surface area (Å²) in [6.07, 6.45) is 0. The zero-order chi connectivity index (χ0) is 21.5. The van der Waals surface area contributed by atoms with Crippen LogP contribution in [0.2, 0.25) is 0 Å². The van der Waals surface area contributed by atoms with Gasteiger partial charge < -0.3 is 15.5 Å². The number of benzene rings is 2. The number of nitrogens with zero attached hydrogens (tertiary/aromatic N) is 2. The zero-order valence-corrected chi connectivity index (χ0v) is 17.5. The zero-order valence-electron chi connectivity index (χ0n) is 17.5. The van der Waals surface area contributed by atoms with Gasteiger partial charge in [-0.15, -0.1) is 0 Å². The third-order valence-corrected chi connectivity index (χ3v) is 5.23. The first kappa shape index (κ1) is 21.8. The minimum atomic E-state index is -0.640. The summed E-state index contributed by atoms with van der Waals surface area (Å²) < 4.78 is 13.3. The molecule has 2 N–H and O–H groups in total. The second-order valence-corrected chi connectivity index (χ2v) is 7.92. The third-order valence-electron chi connectivity index (χ3n) is 5.23. The molecule has 0 aromatic heterocycles. The summed E-state index contributed by atoms with van der Waals surface area (Å²) in [7, 11) is 0. The van der Waals surface area contributed by atoms with E-state index in [1.807, 2.05) is 36.9 Å². The van der Waals surface area contributed by atoms with Crippen LogP contribution in [0.3, 0.4) is 0 Å². The van der Waals surface area contributed by atoms with Crippen LogP contribution in [0.25, 0.3) is 0 Å². The predicted octanol–water partition coefficient (Wildman–Crippen LogP) is 3.32. The topological polar surface area (TPSA) is 64.7 Å². The van der Waals surface area contributed by atoms with Crippen LogP contribution in [-0.4, -0.2) is 54.0 Å². The van der Waals surface area contributed by atoms with Gasteiger partial charge in [0.2, 0.25) is 5.91 Å².